The van der Waals surface area contributed by atoms with Crippen LogP contribution in [-0.4, -0.2) is 31.3 Å². The van der Waals surface area contributed by atoms with E-state index < -0.39 is 12.0 Å². The van der Waals surface area contributed by atoms with Crippen LogP contribution >= 0.6 is 0 Å². The van der Waals surface area contributed by atoms with Gasteiger partial charge in [-0.05, 0) is 18.1 Å². The Labute approximate surface area is 107 Å². The summed E-state index contributed by atoms with van der Waals surface area (Å²) < 4.78 is 10.3. The molecule has 100 valence electrons. The number of carboxylic acids is 1. The topological polar surface area (TPSA) is 67.8 Å². The number of aliphatic carboxylic acids is 1. The Hall–Kier alpha value is -1.91. The van der Waals surface area contributed by atoms with Crippen molar-refractivity contribution in [2.45, 2.75) is 19.9 Å². The van der Waals surface area contributed by atoms with Gasteiger partial charge in [0.1, 0.15) is 6.04 Å². The van der Waals surface area contributed by atoms with Gasteiger partial charge >= 0.3 is 5.97 Å². The number of anilines is 1. The third-order valence-corrected chi connectivity index (χ3v) is 2.64. The first-order valence-electron chi connectivity index (χ1n) is 5.71. The van der Waals surface area contributed by atoms with E-state index in [0.29, 0.717) is 17.2 Å². The molecule has 0 spiro atoms. The molecule has 2 N–H and O–H groups in total. The Morgan fingerprint density at radius 1 is 1.22 bits per heavy atom. The molecule has 18 heavy (non-hydrogen) atoms. The highest BCUT2D eigenvalue weighted by atomic mass is 16.5. The molecule has 0 radical (unpaired) electrons. The molecule has 0 heterocycles. The highest BCUT2D eigenvalue weighted by Crippen LogP contribution is 2.30. The van der Waals surface area contributed by atoms with Crippen LogP contribution < -0.4 is 14.8 Å². The largest absolute Gasteiger partial charge is 0.493 e. The number of carboxylic acid groups (broad SMARTS) is 1. The summed E-state index contributed by atoms with van der Waals surface area (Å²) in [6.07, 6.45) is 0. The molecule has 0 aliphatic carbocycles. The van der Waals surface area contributed by atoms with E-state index in [-0.39, 0.29) is 5.92 Å². The zero-order chi connectivity index (χ0) is 13.7. The minimum atomic E-state index is -0.875. The highest BCUT2D eigenvalue weighted by Gasteiger charge is 2.21. The van der Waals surface area contributed by atoms with Crippen molar-refractivity contribution < 1.29 is 19.4 Å². The fourth-order valence-electron chi connectivity index (χ4n) is 1.62. The number of hydrogen-bond acceptors (Lipinski definition) is 4. The molecule has 5 heteroatoms. The monoisotopic (exact) mass is 253 g/mol. The molecule has 0 amide bonds. The van der Waals surface area contributed by atoms with Crippen LogP contribution in [0.15, 0.2) is 18.2 Å². The molecule has 1 aromatic carbocycles. The van der Waals surface area contributed by atoms with Crippen LogP contribution in [0.5, 0.6) is 11.5 Å². The molecular formula is C13H19NO4. The molecule has 1 aromatic rings. The first-order valence-corrected chi connectivity index (χ1v) is 5.71. The molecule has 1 atom stereocenters. The Morgan fingerprint density at radius 3 is 2.28 bits per heavy atom. The molecule has 1 rings (SSSR count). The number of nitrogens with one attached hydrogen (secondary N) is 1. The summed E-state index contributed by atoms with van der Waals surface area (Å²) in [5.74, 6) is 0.283. The van der Waals surface area contributed by atoms with Crippen LogP contribution in [0.1, 0.15) is 13.8 Å². The van der Waals surface area contributed by atoms with Gasteiger partial charge in [-0.1, -0.05) is 13.8 Å². The lowest BCUT2D eigenvalue weighted by Crippen LogP contribution is -2.34. The van der Waals surface area contributed by atoms with Crippen molar-refractivity contribution >= 4 is 11.7 Å². The van der Waals surface area contributed by atoms with E-state index in [1.807, 2.05) is 13.8 Å². The molecule has 0 saturated carbocycles. The van der Waals surface area contributed by atoms with Gasteiger partial charge in [-0.2, -0.15) is 0 Å². The number of benzene rings is 1. The van der Waals surface area contributed by atoms with Crippen molar-refractivity contribution in [3.8, 4) is 11.5 Å². The van der Waals surface area contributed by atoms with Gasteiger partial charge in [0.2, 0.25) is 0 Å². The molecule has 0 aliphatic heterocycles. The van der Waals surface area contributed by atoms with Gasteiger partial charge in [-0.15, -0.1) is 0 Å². The predicted molar refractivity (Wildman–Crippen MR) is 69.4 cm³/mol. The van der Waals surface area contributed by atoms with Gasteiger partial charge in [0.15, 0.2) is 11.5 Å². The smallest absolute Gasteiger partial charge is 0.326 e. The summed E-state index contributed by atoms with van der Waals surface area (Å²) >= 11 is 0. The minimum Gasteiger partial charge on any atom is -0.493 e. The predicted octanol–water partition coefficient (Wildman–Crippen LogP) is 2.22. The zero-order valence-electron chi connectivity index (χ0n) is 11.1. The van der Waals surface area contributed by atoms with Gasteiger partial charge in [0.25, 0.3) is 0 Å². The molecule has 0 fully saturated rings. The molecule has 0 saturated heterocycles. The number of carbonyl (C=O) groups is 1. The van der Waals surface area contributed by atoms with Gasteiger partial charge in [0, 0.05) is 11.8 Å². The maximum Gasteiger partial charge on any atom is 0.326 e. The molecule has 1 unspecified atom stereocenters. The van der Waals surface area contributed by atoms with E-state index in [2.05, 4.69) is 5.32 Å². The van der Waals surface area contributed by atoms with E-state index in [9.17, 15) is 4.79 Å². The highest BCUT2D eigenvalue weighted by molar-refractivity contribution is 5.78. The van der Waals surface area contributed by atoms with Crippen molar-refractivity contribution in [1.82, 2.24) is 0 Å². The van der Waals surface area contributed by atoms with Crippen LogP contribution in [-0.2, 0) is 4.79 Å². The average Bonchev–Trinajstić information content (AvgIpc) is 2.34. The van der Waals surface area contributed by atoms with Gasteiger partial charge in [-0.25, -0.2) is 4.79 Å². The Balaban J connectivity index is 2.93. The molecule has 0 aliphatic rings. The third-order valence-electron chi connectivity index (χ3n) is 2.64. The standard InChI is InChI=1S/C13H19NO4/c1-8(2)12(13(15)16)14-9-5-6-10(17-3)11(7-9)18-4/h5-8,12,14H,1-4H3,(H,15,16). The van der Waals surface area contributed by atoms with Crippen LogP contribution in [0.2, 0.25) is 0 Å². The first-order chi connectivity index (χ1) is 8.49. The zero-order valence-corrected chi connectivity index (χ0v) is 11.1. The lowest BCUT2D eigenvalue weighted by atomic mass is 10.0. The number of hydrogen-bond donors (Lipinski definition) is 2. The van der Waals surface area contributed by atoms with Crippen LogP contribution in [0.4, 0.5) is 5.69 Å². The SMILES string of the molecule is COc1ccc(NC(C(=O)O)C(C)C)cc1OC. The Bertz CT molecular complexity index is 417. The summed E-state index contributed by atoms with van der Waals surface area (Å²) in [7, 11) is 3.10. The third kappa shape index (κ3) is 3.29. The minimum absolute atomic E-state index is 0.0180. The van der Waals surface area contributed by atoms with Crippen molar-refractivity contribution in [2.24, 2.45) is 5.92 Å². The summed E-state index contributed by atoms with van der Waals surface area (Å²) in [5.41, 5.74) is 0.689. The summed E-state index contributed by atoms with van der Waals surface area (Å²) in [4.78, 5) is 11.1. The lowest BCUT2D eigenvalue weighted by Gasteiger charge is -2.20. The fraction of sp³-hybridized carbons (Fsp3) is 0.462. The van der Waals surface area contributed by atoms with Crippen molar-refractivity contribution in [3.05, 3.63) is 18.2 Å². The van der Waals surface area contributed by atoms with E-state index >= 15 is 0 Å². The van der Waals surface area contributed by atoms with E-state index in [1.54, 1.807) is 32.4 Å². The van der Waals surface area contributed by atoms with Crippen LogP contribution in [0.3, 0.4) is 0 Å². The van der Waals surface area contributed by atoms with Crippen molar-refractivity contribution in [1.29, 1.82) is 0 Å². The summed E-state index contributed by atoms with van der Waals surface area (Å²) in [6, 6.07) is 4.58. The number of rotatable bonds is 6. The maximum atomic E-state index is 11.1. The molecule has 0 aromatic heterocycles. The van der Waals surface area contributed by atoms with Crippen molar-refractivity contribution in [3.63, 3.8) is 0 Å². The maximum absolute atomic E-state index is 11.1. The summed E-state index contributed by atoms with van der Waals surface area (Å²) in [6.45, 7) is 3.71. The first kappa shape index (κ1) is 14.2. The quantitative estimate of drug-likeness (QED) is 0.813. The fourth-order valence-corrected chi connectivity index (χ4v) is 1.62. The van der Waals surface area contributed by atoms with Gasteiger partial charge in [0.05, 0.1) is 14.2 Å². The molecule has 5 nitrogen and oxygen atoms in total. The second-order valence-electron chi connectivity index (χ2n) is 4.27. The van der Waals surface area contributed by atoms with Gasteiger partial charge in [-0.3, -0.25) is 0 Å². The van der Waals surface area contributed by atoms with E-state index in [0.717, 1.165) is 0 Å². The van der Waals surface area contributed by atoms with Crippen LogP contribution in [0, 0.1) is 5.92 Å². The van der Waals surface area contributed by atoms with Crippen molar-refractivity contribution in [2.75, 3.05) is 19.5 Å². The van der Waals surface area contributed by atoms with Gasteiger partial charge < -0.3 is 19.9 Å². The Kier molecular flexibility index (Phi) is 4.83. The lowest BCUT2D eigenvalue weighted by molar-refractivity contribution is -0.138. The Morgan fingerprint density at radius 2 is 1.83 bits per heavy atom. The number of methoxy groups -OCH3 is 2. The number of ether oxygens (including phenoxy) is 2. The second kappa shape index (κ2) is 6.14. The molecular weight excluding hydrogens is 234 g/mol. The van der Waals surface area contributed by atoms with Crippen LogP contribution in [0.25, 0.3) is 0 Å². The van der Waals surface area contributed by atoms with E-state index in [4.69, 9.17) is 14.6 Å². The van der Waals surface area contributed by atoms with E-state index in [1.165, 1.54) is 0 Å². The second-order valence-corrected chi connectivity index (χ2v) is 4.27. The molecule has 0 bridgehead atoms. The normalized spacial score (nSPS) is 12.1. The summed E-state index contributed by atoms with van der Waals surface area (Å²) in [5, 5.41) is 12.1. The average molecular weight is 253 g/mol.